The number of nitrogens with zero attached hydrogens (tertiary/aromatic N) is 1. The van der Waals surface area contributed by atoms with Crippen LogP contribution in [0.25, 0.3) is 0 Å². The molecule has 14 heavy (non-hydrogen) atoms. The maximum absolute atomic E-state index is 11.1. The molecule has 0 radical (unpaired) electrons. The summed E-state index contributed by atoms with van der Waals surface area (Å²) >= 11 is 0. The van der Waals surface area contributed by atoms with Crippen LogP contribution in [0.4, 0.5) is 0 Å². The summed E-state index contributed by atoms with van der Waals surface area (Å²) in [7, 11) is 0. The average molecular weight is 201 g/mol. The van der Waals surface area contributed by atoms with Gasteiger partial charge in [0.15, 0.2) is 0 Å². The average Bonchev–Trinajstić information content (AvgIpc) is 2.17. The molecule has 3 heteroatoms. The second-order valence-electron chi connectivity index (χ2n) is 3.41. The summed E-state index contributed by atoms with van der Waals surface area (Å²) in [6, 6.07) is 0.467. The van der Waals surface area contributed by atoms with Gasteiger partial charge < -0.3 is 9.64 Å². The monoisotopic (exact) mass is 201 g/mol. The quantitative estimate of drug-likeness (QED) is 0.590. The normalized spacial score (nSPS) is 12.9. The summed E-state index contributed by atoms with van der Waals surface area (Å²) in [5, 5.41) is 0. The Kier molecular flexibility index (Phi) is 7.48. The summed E-state index contributed by atoms with van der Waals surface area (Å²) in [6.07, 6.45) is 1.42. The highest BCUT2D eigenvalue weighted by atomic mass is 16.5. The maximum atomic E-state index is 11.1. The Labute approximate surface area is 87.4 Å². The molecule has 0 heterocycles. The number of esters is 1. The lowest BCUT2D eigenvalue weighted by molar-refractivity contribution is -0.143. The van der Waals surface area contributed by atoms with Gasteiger partial charge in [-0.3, -0.25) is 4.79 Å². The molecule has 0 saturated carbocycles. The van der Waals surface area contributed by atoms with E-state index in [-0.39, 0.29) is 5.97 Å². The molecule has 84 valence electrons. The molecule has 0 aromatic carbocycles. The molecule has 0 spiro atoms. The van der Waals surface area contributed by atoms with Gasteiger partial charge in [0, 0.05) is 12.5 Å². The molecule has 0 fully saturated rings. The van der Waals surface area contributed by atoms with Gasteiger partial charge in [-0.1, -0.05) is 13.8 Å². The van der Waals surface area contributed by atoms with E-state index in [9.17, 15) is 4.79 Å². The molecule has 0 aromatic rings. The van der Waals surface area contributed by atoms with Gasteiger partial charge in [-0.15, -0.1) is 0 Å². The van der Waals surface area contributed by atoms with E-state index < -0.39 is 0 Å². The van der Waals surface area contributed by atoms with Gasteiger partial charge in [0.05, 0.1) is 6.61 Å². The molecule has 0 aliphatic rings. The fourth-order valence-corrected chi connectivity index (χ4v) is 1.59. The van der Waals surface area contributed by atoms with Crippen LogP contribution >= 0.6 is 0 Å². The highest BCUT2D eigenvalue weighted by Crippen LogP contribution is 2.06. The van der Waals surface area contributed by atoms with Crippen LogP contribution in [0.2, 0.25) is 0 Å². The molecule has 0 bridgehead atoms. The third kappa shape index (κ3) is 5.22. The number of ether oxygens (including phenoxy) is 1. The second-order valence-corrected chi connectivity index (χ2v) is 3.41. The second kappa shape index (κ2) is 7.80. The molecule has 0 saturated heterocycles. The maximum Gasteiger partial charge on any atom is 0.305 e. The van der Waals surface area contributed by atoms with E-state index in [0.717, 1.165) is 19.5 Å². The van der Waals surface area contributed by atoms with Crippen molar-refractivity contribution in [3.05, 3.63) is 0 Å². The number of carbonyl (C=O) groups is 1. The van der Waals surface area contributed by atoms with Crippen LogP contribution in [-0.4, -0.2) is 36.6 Å². The minimum absolute atomic E-state index is 0.0773. The van der Waals surface area contributed by atoms with Crippen molar-refractivity contribution in [2.45, 2.75) is 46.6 Å². The first-order valence-electron chi connectivity index (χ1n) is 5.55. The molecular weight excluding hydrogens is 178 g/mol. The summed E-state index contributed by atoms with van der Waals surface area (Å²) in [5.74, 6) is -0.0773. The lowest BCUT2D eigenvalue weighted by Gasteiger charge is -2.25. The Morgan fingerprint density at radius 2 is 1.86 bits per heavy atom. The Bertz CT molecular complexity index is 155. The Morgan fingerprint density at radius 1 is 1.29 bits per heavy atom. The summed E-state index contributed by atoms with van der Waals surface area (Å²) < 4.78 is 4.88. The Hall–Kier alpha value is -0.570. The molecule has 0 N–H and O–H groups in total. The zero-order valence-corrected chi connectivity index (χ0v) is 9.88. The lowest BCUT2D eigenvalue weighted by Crippen LogP contribution is -2.33. The number of carbonyl (C=O) groups excluding carboxylic acids is 1. The highest BCUT2D eigenvalue weighted by molar-refractivity contribution is 5.69. The number of hydrogen-bond donors (Lipinski definition) is 0. The van der Waals surface area contributed by atoms with Crippen LogP contribution in [0.5, 0.6) is 0 Å². The molecule has 0 aliphatic heterocycles. The van der Waals surface area contributed by atoms with Crippen molar-refractivity contribution in [1.29, 1.82) is 0 Å². The van der Waals surface area contributed by atoms with E-state index in [2.05, 4.69) is 25.7 Å². The van der Waals surface area contributed by atoms with Crippen LogP contribution in [-0.2, 0) is 9.53 Å². The first kappa shape index (κ1) is 13.4. The predicted octanol–water partition coefficient (Wildman–Crippen LogP) is 2.06. The van der Waals surface area contributed by atoms with Crippen molar-refractivity contribution in [2.75, 3.05) is 19.7 Å². The third-order valence-corrected chi connectivity index (χ3v) is 2.51. The summed E-state index contributed by atoms with van der Waals surface area (Å²) in [5.41, 5.74) is 0. The van der Waals surface area contributed by atoms with Gasteiger partial charge in [0.1, 0.15) is 0 Å². The van der Waals surface area contributed by atoms with E-state index in [1.807, 2.05) is 6.92 Å². The van der Waals surface area contributed by atoms with E-state index in [0.29, 0.717) is 19.1 Å². The van der Waals surface area contributed by atoms with Gasteiger partial charge in [0.25, 0.3) is 0 Å². The topological polar surface area (TPSA) is 29.5 Å². The standard InChI is InChI=1S/C11H23NO2/c1-5-12(6-2)10(4)8-9-11(13)14-7-3/h10H,5-9H2,1-4H3. The molecule has 0 amide bonds. The minimum atomic E-state index is -0.0773. The summed E-state index contributed by atoms with van der Waals surface area (Å²) in [6.45, 7) is 10.9. The van der Waals surface area contributed by atoms with E-state index in [1.54, 1.807) is 0 Å². The molecule has 3 nitrogen and oxygen atoms in total. The van der Waals surface area contributed by atoms with Gasteiger partial charge in [-0.25, -0.2) is 0 Å². The Morgan fingerprint density at radius 3 is 2.29 bits per heavy atom. The first-order chi connectivity index (χ1) is 6.65. The SMILES string of the molecule is CCOC(=O)CCC(C)N(CC)CC. The molecule has 0 aromatic heterocycles. The zero-order valence-electron chi connectivity index (χ0n) is 9.88. The van der Waals surface area contributed by atoms with E-state index in [1.165, 1.54) is 0 Å². The van der Waals surface area contributed by atoms with E-state index in [4.69, 9.17) is 4.74 Å². The van der Waals surface area contributed by atoms with Crippen LogP contribution in [0.3, 0.4) is 0 Å². The smallest absolute Gasteiger partial charge is 0.305 e. The third-order valence-electron chi connectivity index (χ3n) is 2.51. The fourth-order valence-electron chi connectivity index (χ4n) is 1.59. The van der Waals surface area contributed by atoms with Crippen molar-refractivity contribution in [3.63, 3.8) is 0 Å². The minimum Gasteiger partial charge on any atom is -0.466 e. The lowest BCUT2D eigenvalue weighted by atomic mass is 10.1. The number of rotatable bonds is 7. The van der Waals surface area contributed by atoms with Crippen LogP contribution < -0.4 is 0 Å². The Balaban J connectivity index is 3.71. The molecular formula is C11H23NO2. The van der Waals surface area contributed by atoms with Crippen molar-refractivity contribution >= 4 is 5.97 Å². The largest absolute Gasteiger partial charge is 0.466 e. The van der Waals surface area contributed by atoms with Crippen molar-refractivity contribution in [2.24, 2.45) is 0 Å². The number of hydrogen-bond acceptors (Lipinski definition) is 3. The summed E-state index contributed by atoms with van der Waals surface area (Å²) in [4.78, 5) is 13.5. The van der Waals surface area contributed by atoms with Gasteiger partial charge in [-0.2, -0.15) is 0 Å². The van der Waals surface area contributed by atoms with Gasteiger partial charge >= 0.3 is 5.97 Å². The molecule has 0 aliphatic carbocycles. The van der Waals surface area contributed by atoms with Crippen molar-refractivity contribution in [3.8, 4) is 0 Å². The van der Waals surface area contributed by atoms with Gasteiger partial charge in [0.2, 0.25) is 0 Å². The van der Waals surface area contributed by atoms with Crippen LogP contribution in [0.1, 0.15) is 40.5 Å². The fraction of sp³-hybridized carbons (Fsp3) is 0.909. The molecule has 1 unspecified atom stereocenters. The zero-order chi connectivity index (χ0) is 11.0. The molecule has 1 atom stereocenters. The highest BCUT2D eigenvalue weighted by Gasteiger charge is 2.12. The van der Waals surface area contributed by atoms with Crippen molar-refractivity contribution in [1.82, 2.24) is 4.90 Å². The van der Waals surface area contributed by atoms with Gasteiger partial charge in [-0.05, 0) is 33.4 Å². The molecule has 0 rings (SSSR count). The predicted molar refractivity (Wildman–Crippen MR) is 58.3 cm³/mol. The van der Waals surface area contributed by atoms with Crippen molar-refractivity contribution < 1.29 is 9.53 Å². The van der Waals surface area contributed by atoms with E-state index >= 15 is 0 Å². The van der Waals surface area contributed by atoms with Crippen LogP contribution in [0.15, 0.2) is 0 Å². The first-order valence-corrected chi connectivity index (χ1v) is 5.55. The van der Waals surface area contributed by atoms with Crippen LogP contribution in [0, 0.1) is 0 Å².